The lowest BCUT2D eigenvalue weighted by Gasteiger charge is -2.05. The van der Waals surface area contributed by atoms with Crippen LogP contribution in [-0.4, -0.2) is 5.88 Å². The van der Waals surface area contributed by atoms with Gasteiger partial charge in [-0.1, -0.05) is 49.9 Å². The van der Waals surface area contributed by atoms with E-state index in [1.807, 2.05) is 0 Å². The van der Waals surface area contributed by atoms with Crippen LogP contribution >= 0.6 is 11.6 Å². The number of aryl methyl sites for hydroxylation is 2. The van der Waals surface area contributed by atoms with Crippen molar-refractivity contribution in [2.45, 2.75) is 51.9 Å². The average molecular weight is 239 g/mol. The van der Waals surface area contributed by atoms with Gasteiger partial charge in [-0.2, -0.15) is 0 Å². The monoisotopic (exact) mass is 238 g/mol. The molecule has 0 amide bonds. The molecule has 0 heterocycles. The largest absolute Gasteiger partial charge is 0.127 e. The van der Waals surface area contributed by atoms with Gasteiger partial charge in [0.1, 0.15) is 0 Å². The molecule has 1 aromatic carbocycles. The second kappa shape index (κ2) is 8.64. The van der Waals surface area contributed by atoms with Gasteiger partial charge in [0.25, 0.3) is 0 Å². The average Bonchev–Trinajstić information content (AvgIpc) is 2.30. The van der Waals surface area contributed by atoms with E-state index in [1.165, 1.54) is 56.1 Å². The fraction of sp³-hybridized carbons (Fsp3) is 0.600. The lowest BCUT2D eigenvalue weighted by Crippen LogP contribution is -1.89. The first-order chi connectivity index (χ1) is 7.84. The van der Waals surface area contributed by atoms with Gasteiger partial charge < -0.3 is 0 Å². The van der Waals surface area contributed by atoms with Crippen LogP contribution in [0, 0.1) is 6.92 Å². The first-order valence-electron chi connectivity index (χ1n) is 6.45. The van der Waals surface area contributed by atoms with E-state index in [0.29, 0.717) is 0 Å². The third-order valence-corrected chi connectivity index (χ3v) is 3.36. The van der Waals surface area contributed by atoms with Gasteiger partial charge in [-0.25, -0.2) is 0 Å². The maximum Gasteiger partial charge on any atom is 0.0223 e. The summed E-state index contributed by atoms with van der Waals surface area (Å²) in [6.45, 7) is 2.20. The van der Waals surface area contributed by atoms with Crippen molar-refractivity contribution in [3.05, 3.63) is 35.4 Å². The molecule has 90 valence electrons. The Morgan fingerprint density at radius 3 is 2.19 bits per heavy atom. The molecule has 0 N–H and O–H groups in total. The van der Waals surface area contributed by atoms with E-state index in [9.17, 15) is 0 Å². The number of hydrogen-bond acceptors (Lipinski definition) is 0. The van der Waals surface area contributed by atoms with Crippen LogP contribution < -0.4 is 0 Å². The Labute approximate surface area is 105 Å². The third-order valence-electron chi connectivity index (χ3n) is 3.09. The number of unbranched alkanes of at least 4 members (excludes halogenated alkanes) is 5. The van der Waals surface area contributed by atoms with Crippen molar-refractivity contribution in [1.29, 1.82) is 0 Å². The molecular formula is C15H23Cl. The molecule has 0 aromatic heterocycles. The summed E-state index contributed by atoms with van der Waals surface area (Å²) in [5, 5.41) is 0. The van der Waals surface area contributed by atoms with Crippen molar-refractivity contribution in [2.24, 2.45) is 0 Å². The van der Waals surface area contributed by atoms with Crippen LogP contribution in [0.3, 0.4) is 0 Å². The van der Waals surface area contributed by atoms with Gasteiger partial charge >= 0.3 is 0 Å². The van der Waals surface area contributed by atoms with Crippen LogP contribution in [0.25, 0.3) is 0 Å². The van der Waals surface area contributed by atoms with Crippen LogP contribution in [0.2, 0.25) is 0 Å². The Kier molecular flexibility index (Phi) is 7.33. The molecule has 0 fully saturated rings. The minimum atomic E-state index is 0.823. The van der Waals surface area contributed by atoms with Gasteiger partial charge in [0, 0.05) is 5.88 Å². The minimum Gasteiger partial charge on any atom is -0.127 e. The molecule has 0 aliphatic heterocycles. The maximum absolute atomic E-state index is 5.64. The van der Waals surface area contributed by atoms with E-state index in [1.54, 1.807) is 0 Å². The van der Waals surface area contributed by atoms with Gasteiger partial charge in [0.2, 0.25) is 0 Å². The topological polar surface area (TPSA) is 0 Å². The highest BCUT2D eigenvalue weighted by molar-refractivity contribution is 6.17. The maximum atomic E-state index is 5.64. The van der Waals surface area contributed by atoms with E-state index >= 15 is 0 Å². The minimum absolute atomic E-state index is 0.823. The molecule has 0 aliphatic rings. The smallest absolute Gasteiger partial charge is 0.0223 e. The molecule has 1 aromatic rings. The summed E-state index contributed by atoms with van der Waals surface area (Å²) in [6.07, 6.45) is 9.11. The highest BCUT2D eigenvalue weighted by Gasteiger charge is 1.96. The van der Waals surface area contributed by atoms with Gasteiger partial charge in [0.15, 0.2) is 0 Å². The fourth-order valence-corrected chi connectivity index (χ4v) is 2.20. The van der Waals surface area contributed by atoms with Crippen molar-refractivity contribution in [2.75, 3.05) is 5.88 Å². The van der Waals surface area contributed by atoms with E-state index in [2.05, 4.69) is 31.2 Å². The molecule has 0 aliphatic carbocycles. The van der Waals surface area contributed by atoms with E-state index in [0.717, 1.165) is 5.88 Å². The summed E-state index contributed by atoms with van der Waals surface area (Å²) in [4.78, 5) is 0. The predicted molar refractivity (Wildman–Crippen MR) is 73.3 cm³/mol. The summed E-state index contributed by atoms with van der Waals surface area (Å²) in [5.41, 5.74) is 2.95. The molecule has 0 spiro atoms. The molecule has 16 heavy (non-hydrogen) atoms. The highest BCUT2D eigenvalue weighted by atomic mass is 35.5. The first kappa shape index (κ1) is 13.6. The fourth-order valence-electron chi connectivity index (χ4n) is 2.01. The Hall–Kier alpha value is -0.490. The van der Waals surface area contributed by atoms with Crippen molar-refractivity contribution >= 4 is 11.6 Å². The van der Waals surface area contributed by atoms with Crippen molar-refractivity contribution in [1.82, 2.24) is 0 Å². The number of benzene rings is 1. The molecule has 0 radical (unpaired) electrons. The second-order valence-electron chi connectivity index (χ2n) is 4.49. The molecule has 0 saturated heterocycles. The van der Waals surface area contributed by atoms with Crippen molar-refractivity contribution in [3.63, 3.8) is 0 Å². The molecule has 0 unspecified atom stereocenters. The van der Waals surface area contributed by atoms with Crippen molar-refractivity contribution in [3.8, 4) is 0 Å². The second-order valence-corrected chi connectivity index (χ2v) is 4.86. The number of alkyl halides is 1. The zero-order valence-electron chi connectivity index (χ0n) is 10.3. The van der Waals surface area contributed by atoms with Crippen LogP contribution in [-0.2, 0) is 6.42 Å². The lowest BCUT2D eigenvalue weighted by atomic mass is 10.0. The molecule has 0 saturated carbocycles. The van der Waals surface area contributed by atoms with Crippen LogP contribution in [0.4, 0.5) is 0 Å². The van der Waals surface area contributed by atoms with Crippen LogP contribution in [0.1, 0.15) is 49.7 Å². The van der Waals surface area contributed by atoms with Gasteiger partial charge in [-0.3, -0.25) is 0 Å². The van der Waals surface area contributed by atoms with Crippen LogP contribution in [0.15, 0.2) is 24.3 Å². The zero-order valence-corrected chi connectivity index (χ0v) is 11.1. The Morgan fingerprint density at radius 1 is 0.875 bits per heavy atom. The summed E-state index contributed by atoms with van der Waals surface area (Å²) < 4.78 is 0. The molecule has 1 heteroatoms. The van der Waals surface area contributed by atoms with Gasteiger partial charge in [-0.05, 0) is 37.3 Å². The lowest BCUT2D eigenvalue weighted by molar-refractivity contribution is 0.608. The number of rotatable bonds is 8. The Balaban J connectivity index is 2.05. The predicted octanol–water partition coefficient (Wildman–Crippen LogP) is 5.12. The highest BCUT2D eigenvalue weighted by Crippen LogP contribution is 2.13. The number of halogens is 1. The molecule has 0 atom stereocenters. The van der Waals surface area contributed by atoms with E-state index in [-0.39, 0.29) is 0 Å². The van der Waals surface area contributed by atoms with Crippen LogP contribution in [0.5, 0.6) is 0 Å². The normalized spacial score (nSPS) is 10.6. The van der Waals surface area contributed by atoms with Gasteiger partial charge in [-0.15, -0.1) is 11.6 Å². The number of hydrogen-bond donors (Lipinski definition) is 0. The van der Waals surface area contributed by atoms with E-state index < -0.39 is 0 Å². The van der Waals surface area contributed by atoms with Gasteiger partial charge in [0.05, 0.1) is 0 Å². The third kappa shape index (κ3) is 5.55. The summed E-state index contributed by atoms with van der Waals surface area (Å²) in [6, 6.07) is 8.71. The zero-order chi connectivity index (χ0) is 11.6. The van der Waals surface area contributed by atoms with Crippen molar-refractivity contribution < 1.29 is 0 Å². The summed E-state index contributed by atoms with van der Waals surface area (Å²) in [7, 11) is 0. The molecule has 0 nitrogen and oxygen atoms in total. The molecule has 1 rings (SSSR count). The SMILES string of the molecule is Cc1ccccc1CCCCCCCCCl. The Bertz CT molecular complexity index is 281. The summed E-state index contributed by atoms with van der Waals surface area (Å²) in [5.74, 6) is 0.823. The standard InChI is InChI=1S/C15H23Cl/c1-14-10-7-8-12-15(14)11-6-4-2-3-5-9-13-16/h7-8,10,12H,2-6,9,11,13H2,1H3. The molecular weight excluding hydrogens is 216 g/mol. The molecule has 0 bridgehead atoms. The summed E-state index contributed by atoms with van der Waals surface area (Å²) >= 11 is 5.64. The quantitative estimate of drug-likeness (QED) is 0.436. The first-order valence-corrected chi connectivity index (χ1v) is 6.98. The van der Waals surface area contributed by atoms with E-state index in [4.69, 9.17) is 11.6 Å². The Morgan fingerprint density at radius 2 is 1.50 bits per heavy atom.